The van der Waals surface area contributed by atoms with E-state index < -0.39 is 0 Å². The number of benzene rings is 1. The average molecular weight is 292 g/mol. The zero-order chi connectivity index (χ0) is 15.1. The van der Waals surface area contributed by atoms with Gasteiger partial charge in [-0.25, -0.2) is 0 Å². The van der Waals surface area contributed by atoms with E-state index in [0.29, 0.717) is 19.1 Å². The number of hydrogen-bond acceptors (Lipinski definition) is 4. The van der Waals surface area contributed by atoms with Gasteiger partial charge in [-0.2, -0.15) is 0 Å². The molecular formula is C16H24N2O3. The maximum atomic E-state index is 11.7. The molecule has 0 radical (unpaired) electrons. The lowest BCUT2D eigenvalue weighted by atomic mass is 10.1. The van der Waals surface area contributed by atoms with Crippen molar-refractivity contribution in [2.75, 3.05) is 31.6 Å². The van der Waals surface area contributed by atoms with Crippen LogP contribution in [0.5, 0.6) is 11.5 Å². The van der Waals surface area contributed by atoms with Gasteiger partial charge in [0.2, 0.25) is 5.91 Å². The number of carbonyl (C=O) groups excluding carboxylic acids is 1. The van der Waals surface area contributed by atoms with E-state index in [4.69, 9.17) is 9.47 Å². The molecule has 1 aliphatic heterocycles. The van der Waals surface area contributed by atoms with Gasteiger partial charge in [0.1, 0.15) is 0 Å². The van der Waals surface area contributed by atoms with Crippen LogP contribution in [0.15, 0.2) is 18.2 Å². The van der Waals surface area contributed by atoms with Crippen LogP contribution in [-0.4, -0.2) is 32.2 Å². The second-order valence-electron chi connectivity index (χ2n) is 5.60. The Bertz CT molecular complexity index is 475. The summed E-state index contributed by atoms with van der Waals surface area (Å²) in [5.74, 6) is 2.10. The van der Waals surface area contributed by atoms with Crippen LogP contribution in [0.4, 0.5) is 5.69 Å². The lowest BCUT2D eigenvalue weighted by molar-refractivity contribution is -0.119. The molecular weight excluding hydrogens is 268 g/mol. The van der Waals surface area contributed by atoms with Crippen LogP contribution >= 0.6 is 0 Å². The Kier molecular flexibility index (Phi) is 5.72. The summed E-state index contributed by atoms with van der Waals surface area (Å²) in [5.41, 5.74) is 0.859. The van der Waals surface area contributed by atoms with E-state index in [9.17, 15) is 4.79 Å². The van der Waals surface area contributed by atoms with E-state index in [1.165, 1.54) is 0 Å². The van der Waals surface area contributed by atoms with Crippen LogP contribution in [0.25, 0.3) is 0 Å². The van der Waals surface area contributed by atoms with E-state index in [1.807, 2.05) is 18.2 Å². The van der Waals surface area contributed by atoms with Crippen molar-refractivity contribution in [3.8, 4) is 11.5 Å². The fourth-order valence-corrected chi connectivity index (χ4v) is 2.02. The summed E-state index contributed by atoms with van der Waals surface area (Å²) in [4.78, 5) is 11.7. The lowest BCUT2D eigenvalue weighted by Gasteiger charge is -2.11. The Morgan fingerprint density at radius 2 is 2.00 bits per heavy atom. The van der Waals surface area contributed by atoms with Crippen LogP contribution in [0, 0.1) is 5.92 Å². The highest BCUT2D eigenvalue weighted by atomic mass is 16.5. The quantitative estimate of drug-likeness (QED) is 0.845. The van der Waals surface area contributed by atoms with Crippen LogP contribution < -0.4 is 20.1 Å². The van der Waals surface area contributed by atoms with Crippen LogP contribution in [0.1, 0.15) is 26.7 Å². The third-order valence-corrected chi connectivity index (χ3v) is 3.24. The summed E-state index contributed by atoms with van der Waals surface area (Å²) < 4.78 is 11.2. The molecule has 21 heavy (non-hydrogen) atoms. The normalized spacial score (nSPS) is 13.7. The van der Waals surface area contributed by atoms with E-state index in [1.54, 1.807) is 0 Å². The summed E-state index contributed by atoms with van der Waals surface area (Å²) in [6.45, 7) is 6.60. The van der Waals surface area contributed by atoms with Crippen molar-refractivity contribution >= 4 is 11.6 Å². The van der Waals surface area contributed by atoms with Crippen LogP contribution in [-0.2, 0) is 4.79 Å². The predicted molar refractivity (Wildman–Crippen MR) is 83.0 cm³/mol. The molecule has 1 heterocycles. The van der Waals surface area contributed by atoms with E-state index >= 15 is 0 Å². The summed E-state index contributed by atoms with van der Waals surface area (Å²) in [7, 11) is 0. The maximum absolute atomic E-state index is 11.7. The Morgan fingerprint density at radius 1 is 1.24 bits per heavy atom. The van der Waals surface area contributed by atoms with E-state index in [-0.39, 0.29) is 12.5 Å². The fourth-order valence-electron chi connectivity index (χ4n) is 2.02. The average Bonchev–Trinajstić information content (AvgIpc) is 2.69. The molecule has 2 rings (SSSR count). The van der Waals surface area contributed by atoms with Gasteiger partial charge in [-0.05, 0) is 24.5 Å². The Labute approximate surface area is 126 Å². The van der Waals surface area contributed by atoms with Gasteiger partial charge in [0, 0.05) is 24.7 Å². The monoisotopic (exact) mass is 292 g/mol. The molecule has 1 aliphatic rings. The maximum Gasteiger partial charge on any atom is 0.239 e. The smallest absolute Gasteiger partial charge is 0.239 e. The number of carbonyl (C=O) groups is 1. The number of amides is 1. The molecule has 1 amide bonds. The first-order valence-electron chi connectivity index (χ1n) is 7.55. The molecule has 0 aliphatic carbocycles. The molecule has 5 nitrogen and oxygen atoms in total. The molecule has 1 aromatic carbocycles. The molecule has 0 atom stereocenters. The number of rotatable bonds is 6. The van der Waals surface area contributed by atoms with Crippen molar-refractivity contribution in [2.24, 2.45) is 5.92 Å². The van der Waals surface area contributed by atoms with Gasteiger partial charge in [0.05, 0.1) is 19.8 Å². The third kappa shape index (κ3) is 5.17. The number of hydrogen-bond donors (Lipinski definition) is 2. The first kappa shape index (κ1) is 15.5. The number of fused-ring (bicyclic) bond motifs is 1. The molecule has 0 fully saturated rings. The van der Waals surface area contributed by atoms with Crippen LogP contribution in [0.2, 0.25) is 0 Å². The molecule has 2 N–H and O–H groups in total. The third-order valence-electron chi connectivity index (χ3n) is 3.24. The molecule has 5 heteroatoms. The Balaban J connectivity index is 1.80. The Hall–Kier alpha value is -1.91. The van der Waals surface area contributed by atoms with Crippen molar-refractivity contribution in [3.05, 3.63) is 18.2 Å². The molecule has 116 valence electrons. The zero-order valence-corrected chi connectivity index (χ0v) is 12.8. The van der Waals surface area contributed by atoms with Gasteiger partial charge in [-0.3, -0.25) is 4.79 Å². The standard InChI is InChI=1S/C16H24N2O3/c1-12(2)6-7-17-16(19)11-18-13-4-5-14-15(10-13)21-9-3-8-20-14/h4-5,10,12,18H,3,6-9,11H2,1-2H3,(H,17,19). The van der Waals surface area contributed by atoms with Crippen molar-refractivity contribution < 1.29 is 14.3 Å². The molecule has 0 spiro atoms. The molecule has 0 saturated heterocycles. The first-order chi connectivity index (χ1) is 10.1. The van der Waals surface area contributed by atoms with E-state index in [0.717, 1.165) is 36.6 Å². The summed E-state index contributed by atoms with van der Waals surface area (Å²) in [5, 5.41) is 6.00. The van der Waals surface area contributed by atoms with E-state index in [2.05, 4.69) is 24.5 Å². The van der Waals surface area contributed by atoms with Crippen LogP contribution in [0.3, 0.4) is 0 Å². The molecule has 1 aromatic rings. The van der Waals surface area contributed by atoms with Gasteiger partial charge in [0.15, 0.2) is 11.5 Å². The number of ether oxygens (including phenoxy) is 2. The Morgan fingerprint density at radius 3 is 2.76 bits per heavy atom. The SMILES string of the molecule is CC(C)CCNC(=O)CNc1ccc2c(c1)OCCCO2. The van der Waals surface area contributed by atoms with Gasteiger partial charge in [-0.15, -0.1) is 0 Å². The second kappa shape index (κ2) is 7.76. The van der Waals surface area contributed by atoms with Gasteiger partial charge >= 0.3 is 0 Å². The topological polar surface area (TPSA) is 59.6 Å². The van der Waals surface area contributed by atoms with Gasteiger partial charge in [-0.1, -0.05) is 13.8 Å². The molecule has 0 aromatic heterocycles. The zero-order valence-electron chi connectivity index (χ0n) is 12.8. The number of anilines is 1. The molecule has 0 saturated carbocycles. The highest BCUT2D eigenvalue weighted by Crippen LogP contribution is 2.32. The van der Waals surface area contributed by atoms with Gasteiger partial charge < -0.3 is 20.1 Å². The van der Waals surface area contributed by atoms with Crippen molar-refractivity contribution in [3.63, 3.8) is 0 Å². The predicted octanol–water partition coefficient (Wildman–Crippen LogP) is 2.42. The van der Waals surface area contributed by atoms with Gasteiger partial charge in [0.25, 0.3) is 0 Å². The van der Waals surface area contributed by atoms with Crippen molar-refractivity contribution in [1.82, 2.24) is 5.32 Å². The van der Waals surface area contributed by atoms with Crippen molar-refractivity contribution in [1.29, 1.82) is 0 Å². The largest absolute Gasteiger partial charge is 0.490 e. The first-order valence-corrected chi connectivity index (χ1v) is 7.55. The lowest BCUT2D eigenvalue weighted by Crippen LogP contribution is -2.31. The number of nitrogens with one attached hydrogen (secondary N) is 2. The molecule has 0 unspecified atom stereocenters. The second-order valence-corrected chi connectivity index (χ2v) is 5.60. The minimum Gasteiger partial charge on any atom is -0.490 e. The highest BCUT2D eigenvalue weighted by molar-refractivity contribution is 5.80. The summed E-state index contributed by atoms with van der Waals surface area (Å²) in [6, 6.07) is 5.65. The minimum absolute atomic E-state index is 0.00256. The summed E-state index contributed by atoms with van der Waals surface area (Å²) >= 11 is 0. The van der Waals surface area contributed by atoms with Crippen molar-refractivity contribution in [2.45, 2.75) is 26.7 Å². The minimum atomic E-state index is 0.00256. The highest BCUT2D eigenvalue weighted by Gasteiger charge is 2.11. The molecule has 0 bridgehead atoms. The summed E-state index contributed by atoms with van der Waals surface area (Å²) in [6.07, 6.45) is 1.88. The fraction of sp³-hybridized carbons (Fsp3) is 0.562.